The van der Waals surface area contributed by atoms with Gasteiger partial charge in [0.15, 0.2) is 0 Å². The Kier molecular flexibility index (Phi) is 5.31. The van der Waals surface area contributed by atoms with Gasteiger partial charge >= 0.3 is 0 Å². The number of carbonyl (C=O) groups excluding carboxylic acids is 1. The number of amides is 1. The minimum atomic E-state index is -0.271. The highest BCUT2D eigenvalue weighted by Crippen LogP contribution is 2.16. The Morgan fingerprint density at radius 3 is 2.64 bits per heavy atom. The first-order valence-corrected chi connectivity index (χ1v) is 8.10. The van der Waals surface area contributed by atoms with Crippen LogP contribution in [0, 0.1) is 0 Å². The van der Waals surface area contributed by atoms with E-state index >= 15 is 0 Å². The number of carbonyl (C=O) groups is 1. The molecule has 0 bridgehead atoms. The number of nitrogens with zero attached hydrogens (tertiary/aromatic N) is 3. The molecule has 2 N–H and O–H groups in total. The van der Waals surface area contributed by atoms with Crippen LogP contribution in [-0.2, 0) is 13.0 Å². The van der Waals surface area contributed by atoms with Crippen LogP contribution in [0.25, 0.3) is 0 Å². The first-order chi connectivity index (χ1) is 12.3. The van der Waals surface area contributed by atoms with Crippen molar-refractivity contribution in [3.05, 3.63) is 78.0 Å². The summed E-state index contributed by atoms with van der Waals surface area (Å²) in [5.41, 5.74) is 3.20. The molecule has 25 heavy (non-hydrogen) atoms. The van der Waals surface area contributed by atoms with Crippen LogP contribution in [0.5, 0.6) is 0 Å². The molecule has 3 rings (SSSR count). The molecule has 0 radical (unpaired) electrons. The lowest BCUT2D eigenvalue weighted by atomic mass is 10.1. The van der Waals surface area contributed by atoms with Gasteiger partial charge in [0.25, 0.3) is 5.91 Å². The summed E-state index contributed by atoms with van der Waals surface area (Å²) in [7, 11) is 0. The van der Waals surface area contributed by atoms with E-state index < -0.39 is 0 Å². The molecule has 3 aromatic rings. The summed E-state index contributed by atoms with van der Waals surface area (Å²) in [6.07, 6.45) is 7.38. The van der Waals surface area contributed by atoms with E-state index in [1.165, 1.54) is 6.20 Å². The SMILES string of the molecule is CCc1ccccc1NC(=O)c1cnc(NCc2cccnc2)cn1. The minimum absolute atomic E-state index is 0.271. The molecular weight excluding hydrogens is 314 g/mol. The molecule has 0 atom stereocenters. The average Bonchev–Trinajstić information content (AvgIpc) is 2.68. The monoisotopic (exact) mass is 333 g/mol. The Balaban J connectivity index is 1.62. The Bertz CT molecular complexity index is 834. The van der Waals surface area contributed by atoms with E-state index in [4.69, 9.17) is 0 Å². The van der Waals surface area contributed by atoms with Gasteiger partial charge in [-0.15, -0.1) is 0 Å². The maximum atomic E-state index is 12.3. The molecule has 1 aromatic carbocycles. The molecule has 1 amide bonds. The number of pyridine rings is 1. The molecule has 6 nitrogen and oxygen atoms in total. The van der Waals surface area contributed by atoms with Crippen molar-refractivity contribution in [2.75, 3.05) is 10.6 Å². The van der Waals surface area contributed by atoms with E-state index in [0.717, 1.165) is 23.2 Å². The quantitative estimate of drug-likeness (QED) is 0.723. The summed E-state index contributed by atoms with van der Waals surface area (Å²) < 4.78 is 0. The first kappa shape index (κ1) is 16.6. The summed E-state index contributed by atoms with van der Waals surface area (Å²) in [6.45, 7) is 2.64. The molecule has 0 spiro atoms. The van der Waals surface area contributed by atoms with Crippen molar-refractivity contribution in [1.29, 1.82) is 0 Å². The highest BCUT2D eigenvalue weighted by atomic mass is 16.1. The number of para-hydroxylation sites is 1. The fourth-order valence-corrected chi connectivity index (χ4v) is 2.37. The summed E-state index contributed by atoms with van der Waals surface area (Å²) in [5.74, 6) is 0.335. The summed E-state index contributed by atoms with van der Waals surface area (Å²) >= 11 is 0. The predicted octanol–water partition coefficient (Wildman–Crippen LogP) is 3.30. The Morgan fingerprint density at radius 1 is 1.04 bits per heavy atom. The van der Waals surface area contributed by atoms with E-state index in [1.807, 2.05) is 43.3 Å². The van der Waals surface area contributed by atoms with Crippen LogP contribution in [0.1, 0.15) is 28.5 Å². The fraction of sp³-hybridized carbons (Fsp3) is 0.158. The number of aromatic nitrogens is 3. The average molecular weight is 333 g/mol. The summed E-state index contributed by atoms with van der Waals surface area (Å²) in [5, 5.41) is 6.03. The van der Waals surface area contributed by atoms with Gasteiger partial charge in [-0.05, 0) is 29.7 Å². The van der Waals surface area contributed by atoms with Crippen LogP contribution >= 0.6 is 0 Å². The van der Waals surface area contributed by atoms with Crippen LogP contribution in [0.4, 0.5) is 11.5 Å². The van der Waals surface area contributed by atoms with Crippen molar-refractivity contribution < 1.29 is 4.79 Å². The molecule has 0 aliphatic rings. The zero-order valence-electron chi connectivity index (χ0n) is 13.9. The van der Waals surface area contributed by atoms with Gasteiger partial charge in [0, 0.05) is 24.6 Å². The predicted molar refractivity (Wildman–Crippen MR) is 97.4 cm³/mol. The van der Waals surface area contributed by atoms with Crippen LogP contribution in [0.15, 0.2) is 61.2 Å². The second-order valence-corrected chi connectivity index (χ2v) is 5.47. The van der Waals surface area contributed by atoms with Crippen molar-refractivity contribution in [1.82, 2.24) is 15.0 Å². The lowest BCUT2D eigenvalue weighted by molar-refractivity contribution is 0.102. The number of hydrogen-bond donors (Lipinski definition) is 2. The largest absolute Gasteiger partial charge is 0.365 e. The molecular formula is C19H19N5O. The fourth-order valence-electron chi connectivity index (χ4n) is 2.37. The van der Waals surface area contributed by atoms with Crippen LogP contribution in [0.2, 0.25) is 0 Å². The molecule has 0 aliphatic carbocycles. The van der Waals surface area contributed by atoms with Gasteiger partial charge in [0.05, 0.1) is 12.4 Å². The zero-order chi connectivity index (χ0) is 17.5. The Labute approximate surface area is 146 Å². The van der Waals surface area contributed by atoms with Crippen molar-refractivity contribution in [3.63, 3.8) is 0 Å². The van der Waals surface area contributed by atoms with E-state index in [2.05, 4.69) is 25.6 Å². The van der Waals surface area contributed by atoms with Crippen LogP contribution in [-0.4, -0.2) is 20.9 Å². The molecule has 0 fully saturated rings. The summed E-state index contributed by atoms with van der Waals surface area (Å²) in [4.78, 5) is 24.8. The van der Waals surface area contributed by atoms with Gasteiger partial charge in [-0.2, -0.15) is 0 Å². The van der Waals surface area contributed by atoms with Gasteiger partial charge in [-0.25, -0.2) is 9.97 Å². The van der Waals surface area contributed by atoms with Crippen LogP contribution in [0.3, 0.4) is 0 Å². The minimum Gasteiger partial charge on any atom is -0.365 e. The lowest BCUT2D eigenvalue weighted by Gasteiger charge is -2.09. The maximum absolute atomic E-state index is 12.3. The van der Waals surface area contributed by atoms with Crippen molar-refractivity contribution in [2.24, 2.45) is 0 Å². The van der Waals surface area contributed by atoms with Gasteiger partial charge in [0.2, 0.25) is 0 Å². The Morgan fingerprint density at radius 2 is 1.92 bits per heavy atom. The third-order valence-corrected chi connectivity index (χ3v) is 3.73. The maximum Gasteiger partial charge on any atom is 0.275 e. The van der Waals surface area contributed by atoms with Gasteiger partial charge < -0.3 is 10.6 Å². The Hall–Kier alpha value is -3.28. The molecule has 0 aliphatic heterocycles. The zero-order valence-corrected chi connectivity index (χ0v) is 13.9. The van der Waals surface area contributed by atoms with Gasteiger partial charge in [0.1, 0.15) is 11.5 Å². The standard InChI is InChI=1S/C19H19N5O/c1-2-15-7-3-4-8-16(15)24-19(25)17-12-23-18(13-21-17)22-11-14-6-5-9-20-10-14/h3-10,12-13H,2,11H2,1H3,(H,22,23)(H,24,25). The number of nitrogens with one attached hydrogen (secondary N) is 2. The van der Waals surface area contributed by atoms with E-state index in [0.29, 0.717) is 12.4 Å². The molecule has 2 aromatic heterocycles. The van der Waals surface area contributed by atoms with E-state index in [1.54, 1.807) is 18.6 Å². The third-order valence-electron chi connectivity index (χ3n) is 3.73. The topological polar surface area (TPSA) is 79.8 Å². The molecule has 0 saturated heterocycles. The number of aryl methyl sites for hydroxylation is 1. The number of hydrogen-bond acceptors (Lipinski definition) is 5. The third kappa shape index (κ3) is 4.38. The second-order valence-electron chi connectivity index (χ2n) is 5.47. The van der Waals surface area contributed by atoms with Gasteiger partial charge in [-0.1, -0.05) is 31.2 Å². The highest BCUT2D eigenvalue weighted by molar-refractivity contribution is 6.03. The van der Waals surface area contributed by atoms with Gasteiger partial charge in [-0.3, -0.25) is 9.78 Å². The number of anilines is 2. The molecule has 0 unspecified atom stereocenters. The van der Waals surface area contributed by atoms with Crippen molar-refractivity contribution >= 4 is 17.4 Å². The second kappa shape index (κ2) is 8.01. The van der Waals surface area contributed by atoms with E-state index in [-0.39, 0.29) is 11.6 Å². The molecule has 6 heteroatoms. The smallest absolute Gasteiger partial charge is 0.275 e. The molecule has 0 saturated carbocycles. The van der Waals surface area contributed by atoms with Crippen molar-refractivity contribution in [2.45, 2.75) is 19.9 Å². The highest BCUT2D eigenvalue weighted by Gasteiger charge is 2.10. The van der Waals surface area contributed by atoms with Crippen molar-refractivity contribution in [3.8, 4) is 0 Å². The molecule has 126 valence electrons. The normalized spacial score (nSPS) is 10.3. The molecule has 2 heterocycles. The number of benzene rings is 1. The first-order valence-electron chi connectivity index (χ1n) is 8.10. The van der Waals surface area contributed by atoms with E-state index in [9.17, 15) is 4.79 Å². The number of rotatable bonds is 6. The lowest BCUT2D eigenvalue weighted by Crippen LogP contribution is -2.15. The summed E-state index contributed by atoms with van der Waals surface area (Å²) in [6, 6.07) is 11.6. The van der Waals surface area contributed by atoms with Crippen LogP contribution < -0.4 is 10.6 Å².